The SMILES string of the molecule is COc1ccn(-c2ccc(CN3C(=O)Cc4cnc(-c5ccccc5C(C)C)nc43)cn2)n1. The number of rotatable bonds is 6. The Morgan fingerprint density at radius 3 is 2.64 bits per heavy atom. The molecule has 4 aromatic rings. The van der Waals surface area contributed by atoms with Crippen LogP contribution in [0.1, 0.15) is 36.5 Å². The number of hydrogen-bond acceptors (Lipinski definition) is 6. The van der Waals surface area contributed by atoms with Crippen LogP contribution in [0.15, 0.2) is 61.1 Å². The number of amides is 1. The van der Waals surface area contributed by atoms with Gasteiger partial charge in [-0.25, -0.2) is 19.6 Å². The van der Waals surface area contributed by atoms with Gasteiger partial charge in [-0.1, -0.05) is 44.2 Å². The number of carbonyl (C=O) groups is 1. The molecule has 0 aliphatic carbocycles. The Bertz CT molecular complexity index is 1310. The van der Waals surface area contributed by atoms with Crippen molar-refractivity contribution < 1.29 is 9.53 Å². The van der Waals surface area contributed by atoms with Crippen molar-refractivity contribution >= 4 is 11.7 Å². The molecule has 1 aliphatic heterocycles. The van der Waals surface area contributed by atoms with E-state index in [0.717, 1.165) is 16.7 Å². The lowest BCUT2D eigenvalue weighted by Gasteiger charge is -2.18. The van der Waals surface area contributed by atoms with E-state index >= 15 is 0 Å². The van der Waals surface area contributed by atoms with Crippen LogP contribution in [0.4, 0.5) is 5.82 Å². The summed E-state index contributed by atoms with van der Waals surface area (Å²) in [7, 11) is 1.57. The van der Waals surface area contributed by atoms with Crippen molar-refractivity contribution in [2.75, 3.05) is 12.0 Å². The number of pyridine rings is 1. The predicted octanol–water partition coefficient (Wildman–Crippen LogP) is 3.95. The molecule has 0 unspecified atom stereocenters. The third-order valence-corrected chi connectivity index (χ3v) is 5.72. The monoisotopic (exact) mass is 440 g/mol. The molecule has 0 fully saturated rings. The molecule has 3 aromatic heterocycles. The van der Waals surface area contributed by atoms with Crippen LogP contribution in [0, 0.1) is 0 Å². The van der Waals surface area contributed by atoms with Crippen molar-refractivity contribution in [1.29, 1.82) is 0 Å². The molecule has 0 N–H and O–H groups in total. The Labute approximate surface area is 191 Å². The van der Waals surface area contributed by atoms with Crippen LogP contribution >= 0.6 is 0 Å². The zero-order chi connectivity index (χ0) is 22.9. The fraction of sp³-hybridized carbons (Fsp3) is 0.240. The summed E-state index contributed by atoms with van der Waals surface area (Å²) in [6.45, 7) is 4.69. The Kier molecular flexibility index (Phi) is 5.34. The molecular weight excluding hydrogens is 416 g/mol. The minimum atomic E-state index is 0.00878. The molecule has 8 nitrogen and oxygen atoms in total. The molecule has 1 amide bonds. The van der Waals surface area contributed by atoms with E-state index in [4.69, 9.17) is 9.72 Å². The third-order valence-electron chi connectivity index (χ3n) is 5.72. The van der Waals surface area contributed by atoms with Gasteiger partial charge in [-0.15, -0.1) is 5.10 Å². The van der Waals surface area contributed by atoms with E-state index in [9.17, 15) is 4.79 Å². The van der Waals surface area contributed by atoms with Gasteiger partial charge in [0, 0.05) is 35.8 Å². The normalized spacial score (nSPS) is 13.0. The molecule has 8 heteroatoms. The average Bonchev–Trinajstić information content (AvgIpc) is 3.44. The van der Waals surface area contributed by atoms with Gasteiger partial charge in [-0.3, -0.25) is 9.69 Å². The van der Waals surface area contributed by atoms with Crippen LogP contribution in [0.25, 0.3) is 17.2 Å². The van der Waals surface area contributed by atoms with Crippen molar-refractivity contribution in [3.05, 3.63) is 77.7 Å². The lowest BCUT2D eigenvalue weighted by Crippen LogP contribution is -2.26. The van der Waals surface area contributed by atoms with Crippen molar-refractivity contribution in [3.8, 4) is 23.1 Å². The van der Waals surface area contributed by atoms with Crippen molar-refractivity contribution in [2.45, 2.75) is 32.7 Å². The van der Waals surface area contributed by atoms with Crippen LogP contribution in [-0.4, -0.2) is 37.7 Å². The third kappa shape index (κ3) is 3.95. The number of anilines is 1. The van der Waals surface area contributed by atoms with Crippen molar-refractivity contribution in [2.24, 2.45) is 0 Å². The highest BCUT2D eigenvalue weighted by Crippen LogP contribution is 2.32. The highest BCUT2D eigenvalue weighted by Gasteiger charge is 2.30. The summed E-state index contributed by atoms with van der Waals surface area (Å²) in [4.78, 5) is 28.4. The first-order valence-electron chi connectivity index (χ1n) is 10.8. The fourth-order valence-corrected chi connectivity index (χ4v) is 4.00. The number of ether oxygens (including phenoxy) is 1. The maximum Gasteiger partial charge on any atom is 0.233 e. The number of methoxy groups -OCH3 is 1. The highest BCUT2D eigenvalue weighted by molar-refractivity contribution is 6.00. The second-order valence-corrected chi connectivity index (χ2v) is 8.27. The maximum atomic E-state index is 12.8. The minimum Gasteiger partial charge on any atom is -0.480 e. The summed E-state index contributed by atoms with van der Waals surface area (Å²) < 4.78 is 6.76. The van der Waals surface area contributed by atoms with E-state index in [-0.39, 0.29) is 5.91 Å². The summed E-state index contributed by atoms with van der Waals surface area (Å²) in [6, 6.07) is 13.7. The summed E-state index contributed by atoms with van der Waals surface area (Å²) in [5.41, 5.74) is 3.93. The number of nitrogens with zero attached hydrogens (tertiary/aromatic N) is 6. The molecular formula is C25H24N6O2. The van der Waals surface area contributed by atoms with Gasteiger partial charge in [0.1, 0.15) is 5.82 Å². The molecule has 1 aromatic carbocycles. The van der Waals surface area contributed by atoms with Gasteiger partial charge in [0.2, 0.25) is 11.8 Å². The van der Waals surface area contributed by atoms with Gasteiger partial charge in [0.05, 0.1) is 20.1 Å². The second kappa shape index (κ2) is 8.46. The number of hydrogen-bond donors (Lipinski definition) is 0. The van der Waals surface area contributed by atoms with Gasteiger partial charge in [0.25, 0.3) is 0 Å². The quantitative estimate of drug-likeness (QED) is 0.451. The second-order valence-electron chi connectivity index (χ2n) is 8.27. The van der Waals surface area contributed by atoms with Crippen LogP contribution in [-0.2, 0) is 17.8 Å². The summed E-state index contributed by atoms with van der Waals surface area (Å²) in [6.07, 6.45) is 5.62. The summed E-state index contributed by atoms with van der Waals surface area (Å²) in [5.74, 6) is 2.85. The van der Waals surface area contributed by atoms with E-state index in [1.807, 2.05) is 30.3 Å². The van der Waals surface area contributed by atoms with E-state index < -0.39 is 0 Å². The molecule has 0 radical (unpaired) electrons. The molecule has 0 atom stereocenters. The molecule has 33 heavy (non-hydrogen) atoms. The summed E-state index contributed by atoms with van der Waals surface area (Å²) >= 11 is 0. The van der Waals surface area contributed by atoms with Crippen molar-refractivity contribution in [3.63, 3.8) is 0 Å². The standard InChI is InChI=1S/C25H24N6O2/c1-16(2)19-6-4-5-7-20(19)24-27-14-18-12-23(32)30(25(18)28-24)15-17-8-9-21(26-13-17)31-11-10-22(29-31)33-3/h4-11,13-14,16H,12,15H2,1-3H3. The van der Waals surface area contributed by atoms with Crippen LogP contribution in [0.3, 0.4) is 0 Å². The minimum absolute atomic E-state index is 0.00878. The van der Waals surface area contributed by atoms with Crippen LogP contribution in [0.5, 0.6) is 5.88 Å². The topological polar surface area (TPSA) is 86.0 Å². The average molecular weight is 441 g/mol. The number of aromatic nitrogens is 5. The van der Waals surface area contributed by atoms with Crippen molar-refractivity contribution in [1.82, 2.24) is 24.7 Å². The van der Waals surface area contributed by atoms with E-state index in [0.29, 0.717) is 42.2 Å². The van der Waals surface area contributed by atoms with Crippen LogP contribution < -0.4 is 9.64 Å². The summed E-state index contributed by atoms with van der Waals surface area (Å²) in [5, 5.41) is 4.28. The molecule has 0 bridgehead atoms. The molecule has 5 rings (SSSR count). The predicted molar refractivity (Wildman–Crippen MR) is 124 cm³/mol. The Hall–Kier alpha value is -4.07. The van der Waals surface area contributed by atoms with Gasteiger partial charge in [-0.2, -0.15) is 0 Å². The Morgan fingerprint density at radius 2 is 1.91 bits per heavy atom. The van der Waals surface area contributed by atoms with Gasteiger partial charge in [0.15, 0.2) is 11.6 Å². The molecule has 1 aliphatic rings. The van der Waals surface area contributed by atoms with Gasteiger partial charge >= 0.3 is 0 Å². The smallest absolute Gasteiger partial charge is 0.233 e. The van der Waals surface area contributed by atoms with E-state index in [2.05, 4.69) is 35.0 Å². The highest BCUT2D eigenvalue weighted by atomic mass is 16.5. The molecule has 0 spiro atoms. The fourth-order valence-electron chi connectivity index (χ4n) is 4.00. The molecule has 0 saturated carbocycles. The number of benzene rings is 1. The van der Waals surface area contributed by atoms with E-state index in [1.54, 1.807) is 41.3 Å². The zero-order valence-electron chi connectivity index (χ0n) is 18.8. The largest absolute Gasteiger partial charge is 0.480 e. The first-order chi connectivity index (χ1) is 16.0. The van der Waals surface area contributed by atoms with E-state index in [1.165, 1.54) is 5.56 Å². The molecule has 0 saturated heterocycles. The van der Waals surface area contributed by atoms with Gasteiger partial charge in [-0.05, 0) is 23.1 Å². The first-order valence-corrected chi connectivity index (χ1v) is 10.8. The van der Waals surface area contributed by atoms with Gasteiger partial charge < -0.3 is 4.74 Å². The first kappa shape index (κ1) is 20.8. The van der Waals surface area contributed by atoms with Crippen LogP contribution in [0.2, 0.25) is 0 Å². The maximum absolute atomic E-state index is 12.8. The Morgan fingerprint density at radius 1 is 1.06 bits per heavy atom. The molecule has 4 heterocycles. The lowest BCUT2D eigenvalue weighted by molar-refractivity contribution is -0.117. The zero-order valence-corrected chi connectivity index (χ0v) is 18.8. The lowest BCUT2D eigenvalue weighted by atomic mass is 9.97. The molecule has 166 valence electrons. The number of fused-ring (bicyclic) bond motifs is 1. The Balaban J connectivity index is 1.42. The number of carbonyl (C=O) groups excluding carboxylic acids is 1.